The molecule has 0 aliphatic carbocycles. The summed E-state index contributed by atoms with van der Waals surface area (Å²) in [5.74, 6) is 1.43. The van der Waals surface area contributed by atoms with Crippen LogP contribution < -0.4 is 16.4 Å². The number of aryl methyl sites for hydroxylation is 3. The van der Waals surface area contributed by atoms with E-state index < -0.39 is 7.12 Å². The molecule has 0 spiro atoms. The van der Waals surface area contributed by atoms with Crippen LogP contribution in [-0.4, -0.2) is 7.12 Å². The van der Waals surface area contributed by atoms with Crippen molar-refractivity contribution in [1.29, 1.82) is 0 Å². The fourth-order valence-corrected chi connectivity index (χ4v) is 4.67. The van der Waals surface area contributed by atoms with Crippen LogP contribution in [0.4, 0.5) is 11.4 Å². The first-order valence-electron chi connectivity index (χ1n) is 12.7. The molecule has 35 heavy (non-hydrogen) atoms. The standard InChI is InChI=1S/C30H41BN2O2/c1-19(2)28-13-10-25(16-22(28)7)31(34-32-26-11-14-29(20(3)4)23(8)17-26)35-33-27-12-15-30(21(5)6)24(9)18-27/h10-21,32-33H,1-9H3. The highest BCUT2D eigenvalue weighted by Gasteiger charge is 2.25. The molecule has 0 saturated carbocycles. The van der Waals surface area contributed by atoms with Crippen LogP contribution in [0.15, 0.2) is 54.6 Å². The molecule has 0 radical (unpaired) electrons. The monoisotopic (exact) mass is 472 g/mol. The van der Waals surface area contributed by atoms with Crippen molar-refractivity contribution in [2.45, 2.75) is 80.1 Å². The van der Waals surface area contributed by atoms with Crippen LogP contribution >= 0.6 is 0 Å². The number of anilines is 2. The quantitative estimate of drug-likeness (QED) is 0.234. The first kappa shape index (κ1) is 26.8. The summed E-state index contributed by atoms with van der Waals surface area (Å²) in [6.07, 6.45) is 0. The van der Waals surface area contributed by atoms with Crippen LogP contribution in [0.2, 0.25) is 0 Å². The Morgan fingerprint density at radius 3 is 1.26 bits per heavy atom. The van der Waals surface area contributed by atoms with Gasteiger partial charge in [-0.2, -0.15) is 0 Å². The number of benzene rings is 3. The minimum Gasteiger partial charge on any atom is -0.294 e. The fourth-order valence-electron chi connectivity index (χ4n) is 4.67. The Labute approximate surface area is 212 Å². The van der Waals surface area contributed by atoms with Crippen molar-refractivity contribution in [1.82, 2.24) is 0 Å². The molecular formula is C30H41BN2O2. The summed E-state index contributed by atoms with van der Waals surface area (Å²) < 4.78 is 12.2. The fraction of sp³-hybridized carbons (Fsp3) is 0.400. The van der Waals surface area contributed by atoms with E-state index in [1.54, 1.807) is 0 Å². The van der Waals surface area contributed by atoms with Gasteiger partial charge < -0.3 is 0 Å². The lowest BCUT2D eigenvalue weighted by Crippen LogP contribution is -2.40. The predicted octanol–water partition coefficient (Wildman–Crippen LogP) is 7.76. The zero-order valence-corrected chi connectivity index (χ0v) is 22.8. The highest BCUT2D eigenvalue weighted by atomic mass is 16.7. The van der Waals surface area contributed by atoms with Gasteiger partial charge in [0.05, 0.1) is 11.4 Å². The molecule has 3 aromatic carbocycles. The minimum atomic E-state index is -0.648. The van der Waals surface area contributed by atoms with Crippen LogP contribution in [0.25, 0.3) is 0 Å². The molecular weight excluding hydrogens is 431 g/mol. The lowest BCUT2D eigenvalue weighted by atomic mass is 9.77. The maximum absolute atomic E-state index is 6.10. The Morgan fingerprint density at radius 1 is 0.543 bits per heavy atom. The summed E-state index contributed by atoms with van der Waals surface area (Å²) in [6.45, 7) is 19.7. The van der Waals surface area contributed by atoms with Crippen molar-refractivity contribution < 1.29 is 9.51 Å². The summed E-state index contributed by atoms with van der Waals surface area (Å²) in [4.78, 5) is 0. The van der Waals surface area contributed by atoms with Gasteiger partial charge in [0.2, 0.25) is 0 Å². The largest absolute Gasteiger partial charge is 0.538 e. The normalized spacial score (nSPS) is 11.4. The van der Waals surface area contributed by atoms with E-state index >= 15 is 0 Å². The smallest absolute Gasteiger partial charge is 0.294 e. The Bertz CT molecular complexity index is 1080. The maximum atomic E-state index is 6.10. The third kappa shape index (κ3) is 6.90. The highest BCUT2D eigenvalue weighted by molar-refractivity contribution is 6.61. The topological polar surface area (TPSA) is 42.5 Å². The third-order valence-electron chi connectivity index (χ3n) is 6.54. The van der Waals surface area contributed by atoms with Crippen molar-refractivity contribution in [3.05, 3.63) is 88.0 Å². The van der Waals surface area contributed by atoms with Gasteiger partial charge in [0, 0.05) is 0 Å². The van der Waals surface area contributed by atoms with Crippen LogP contribution in [0.3, 0.4) is 0 Å². The summed E-state index contributed by atoms with van der Waals surface area (Å²) >= 11 is 0. The van der Waals surface area contributed by atoms with E-state index in [-0.39, 0.29) is 0 Å². The Kier molecular flexibility index (Phi) is 9.04. The van der Waals surface area contributed by atoms with Gasteiger partial charge in [0.15, 0.2) is 0 Å². The molecule has 0 saturated heterocycles. The van der Waals surface area contributed by atoms with Gasteiger partial charge in [-0.25, -0.2) is 0 Å². The van der Waals surface area contributed by atoms with E-state index in [1.165, 1.54) is 33.4 Å². The zero-order valence-electron chi connectivity index (χ0n) is 22.8. The molecule has 4 nitrogen and oxygen atoms in total. The molecule has 5 heteroatoms. The number of hydrogen-bond donors (Lipinski definition) is 2. The number of hydrogen-bond acceptors (Lipinski definition) is 4. The Morgan fingerprint density at radius 2 is 0.914 bits per heavy atom. The predicted molar refractivity (Wildman–Crippen MR) is 151 cm³/mol. The average Bonchev–Trinajstić information content (AvgIpc) is 2.78. The Hall–Kier alpha value is -2.76. The van der Waals surface area contributed by atoms with Crippen LogP contribution in [0.5, 0.6) is 0 Å². The molecule has 3 rings (SSSR count). The second kappa shape index (κ2) is 11.8. The molecule has 0 bridgehead atoms. The second-order valence-corrected chi connectivity index (χ2v) is 10.5. The molecule has 0 fully saturated rings. The van der Waals surface area contributed by atoms with Crippen molar-refractivity contribution in [3.63, 3.8) is 0 Å². The summed E-state index contributed by atoms with van der Waals surface area (Å²) in [7, 11) is -0.648. The molecule has 0 unspecified atom stereocenters. The van der Waals surface area contributed by atoms with E-state index in [9.17, 15) is 0 Å². The molecule has 0 heterocycles. The zero-order chi connectivity index (χ0) is 25.7. The van der Waals surface area contributed by atoms with E-state index in [0.29, 0.717) is 17.8 Å². The van der Waals surface area contributed by atoms with Gasteiger partial charge in [-0.15, -0.1) is 0 Å². The highest BCUT2D eigenvalue weighted by Crippen LogP contribution is 2.24. The summed E-state index contributed by atoms with van der Waals surface area (Å²) in [5.41, 5.74) is 16.7. The lowest BCUT2D eigenvalue weighted by Gasteiger charge is -2.20. The van der Waals surface area contributed by atoms with Crippen molar-refractivity contribution in [3.8, 4) is 0 Å². The molecule has 0 aliphatic heterocycles. The van der Waals surface area contributed by atoms with Crippen molar-refractivity contribution in [2.75, 3.05) is 11.0 Å². The first-order chi connectivity index (χ1) is 16.6. The van der Waals surface area contributed by atoms with Gasteiger partial charge >= 0.3 is 7.12 Å². The van der Waals surface area contributed by atoms with Crippen molar-refractivity contribution >= 4 is 24.0 Å². The first-order valence-corrected chi connectivity index (χ1v) is 12.7. The molecule has 0 aliphatic rings. The van der Waals surface area contributed by atoms with Crippen molar-refractivity contribution in [2.24, 2.45) is 0 Å². The molecule has 186 valence electrons. The van der Waals surface area contributed by atoms with Crippen LogP contribution in [-0.2, 0) is 9.51 Å². The molecule has 2 N–H and O–H groups in total. The minimum absolute atomic E-state index is 0.463. The average molecular weight is 472 g/mol. The molecule has 0 amide bonds. The van der Waals surface area contributed by atoms with Gasteiger partial charge in [0.25, 0.3) is 0 Å². The maximum Gasteiger partial charge on any atom is 0.538 e. The molecule has 0 atom stereocenters. The van der Waals surface area contributed by atoms with Gasteiger partial charge in [-0.3, -0.25) is 20.5 Å². The second-order valence-electron chi connectivity index (χ2n) is 10.5. The number of nitrogens with one attached hydrogen (secondary N) is 2. The number of rotatable bonds is 10. The molecule has 0 aromatic heterocycles. The van der Waals surface area contributed by atoms with E-state index in [1.807, 2.05) is 12.1 Å². The molecule has 3 aromatic rings. The third-order valence-corrected chi connectivity index (χ3v) is 6.54. The van der Waals surface area contributed by atoms with E-state index in [0.717, 1.165) is 16.8 Å². The van der Waals surface area contributed by atoms with Gasteiger partial charge in [-0.05, 0) is 102 Å². The lowest BCUT2D eigenvalue weighted by molar-refractivity contribution is 0.284. The van der Waals surface area contributed by atoms with Gasteiger partial charge in [-0.1, -0.05) is 71.9 Å². The van der Waals surface area contributed by atoms with Gasteiger partial charge in [0.1, 0.15) is 0 Å². The van der Waals surface area contributed by atoms with E-state index in [2.05, 4.69) is 116 Å². The summed E-state index contributed by atoms with van der Waals surface area (Å²) in [5, 5.41) is 0. The van der Waals surface area contributed by atoms with E-state index in [4.69, 9.17) is 9.51 Å². The Balaban J connectivity index is 1.81. The van der Waals surface area contributed by atoms with Crippen LogP contribution in [0, 0.1) is 20.8 Å². The van der Waals surface area contributed by atoms with Crippen LogP contribution in [0.1, 0.15) is 92.7 Å². The SMILES string of the molecule is Cc1cc(NOB(ONc2ccc(C(C)C)c(C)c2)c2ccc(C(C)C)c(C)c2)ccc1C(C)C. The summed E-state index contributed by atoms with van der Waals surface area (Å²) in [6, 6.07) is 19.0.